The molecule has 0 heterocycles. The number of allylic oxidation sites excluding steroid dienone is 1. The van der Waals surface area contributed by atoms with E-state index in [1.165, 1.54) is 13.2 Å². The molecular weight excluding hydrogens is 194 g/mol. The van der Waals surface area contributed by atoms with Crippen molar-refractivity contribution < 1.29 is 9.66 Å². The van der Waals surface area contributed by atoms with Gasteiger partial charge in [-0.25, -0.2) is 0 Å². The van der Waals surface area contributed by atoms with Gasteiger partial charge < -0.3 is 4.74 Å². The maximum absolute atomic E-state index is 10.7. The van der Waals surface area contributed by atoms with Crippen molar-refractivity contribution in [2.24, 2.45) is 0 Å². The predicted molar refractivity (Wildman–Crippen MR) is 59.0 cm³/mol. The summed E-state index contributed by atoms with van der Waals surface area (Å²) in [6, 6.07) is 4.90. The highest BCUT2D eigenvalue weighted by molar-refractivity contribution is 5.58. The predicted octanol–water partition coefficient (Wildman–Crippen LogP) is 3.03. The second kappa shape index (κ2) is 5.14. The van der Waals surface area contributed by atoms with E-state index >= 15 is 0 Å². The molecule has 0 amide bonds. The van der Waals surface area contributed by atoms with Crippen molar-refractivity contribution in [2.45, 2.75) is 13.3 Å². The monoisotopic (exact) mass is 207 g/mol. The van der Waals surface area contributed by atoms with Gasteiger partial charge in [0.25, 0.3) is 0 Å². The summed E-state index contributed by atoms with van der Waals surface area (Å²) in [5.74, 6) is 0.286. The molecule has 0 N–H and O–H groups in total. The van der Waals surface area contributed by atoms with Crippen molar-refractivity contribution in [1.29, 1.82) is 0 Å². The van der Waals surface area contributed by atoms with Crippen LogP contribution in [0.1, 0.15) is 18.9 Å². The second-order valence-corrected chi connectivity index (χ2v) is 3.00. The Morgan fingerprint density at radius 2 is 2.27 bits per heavy atom. The Kier molecular flexibility index (Phi) is 3.85. The van der Waals surface area contributed by atoms with E-state index in [0.717, 1.165) is 12.0 Å². The Hall–Kier alpha value is -1.84. The van der Waals surface area contributed by atoms with Crippen molar-refractivity contribution in [1.82, 2.24) is 0 Å². The Balaban J connectivity index is 3.10. The summed E-state index contributed by atoms with van der Waals surface area (Å²) in [7, 11) is 1.42. The van der Waals surface area contributed by atoms with Gasteiger partial charge in [0.1, 0.15) is 0 Å². The fraction of sp³-hybridized carbons (Fsp3) is 0.273. The van der Waals surface area contributed by atoms with E-state index < -0.39 is 4.92 Å². The smallest absolute Gasteiger partial charge is 0.311 e. The summed E-state index contributed by atoms with van der Waals surface area (Å²) < 4.78 is 4.90. The Morgan fingerprint density at radius 1 is 1.53 bits per heavy atom. The third kappa shape index (κ3) is 2.80. The summed E-state index contributed by atoms with van der Waals surface area (Å²) in [6.45, 7) is 2.01. The number of hydrogen-bond donors (Lipinski definition) is 0. The zero-order valence-corrected chi connectivity index (χ0v) is 8.77. The van der Waals surface area contributed by atoms with Crippen LogP contribution in [0.2, 0.25) is 0 Å². The van der Waals surface area contributed by atoms with Gasteiger partial charge in [-0.2, -0.15) is 0 Å². The topological polar surface area (TPSA) is 52.4 Å². The van der Waals surface area contributed by atoms with Crippen LogP contribution in [0.5, 0.6) is 5.75 Å². The second-order valence-electron chi connectivity index (χ2n) is 3.00. The molecule has 0 aliphatic rings. The molecule has 4 nitrogen and oxygen atoms in total. The van der Waals surface area contributed by atoms with Gasteiger partial charge in [-0.05, 0) is 18.1 Å². The number of ether oxygens (including phenoxy) is 1. The first kappa shape index (κ1) is 11.2. The van der Waals surface area contributed by atoms with Gasteiger partial charge in [0, 0.05) is 6.07 Å². The Bertz CT molecular complexity index is 385. The van der Waals surface area contributed by atoms with Crippen molar-refractivity contribution in [2.75, 3.05) is 7.11 Å². The standard InChI is InChI=1S/C11H13NO3/c1-3-4-5-9-6-7-11(15-2)10(8-9)12(13)14/h4-8H,3H2,1-2H3/b5-4-. The van der Waals surface area contributed by atoms with Gasteiger partial charge in [0.15, 0.2) is 5.75 Å². The normalized spacial score (nSPS) is 10.5. The summed E-state index contributed by atoms with van der Waals surface area (Å²) >= 11 is 0. The number of methoxy groups -OCH3 is 1. The maximum atomic E-state index is 10.7. The molecule has 0 aliphatic heterocycles. The Morgan fingerprint density at radius 3 is 2.80 bits per heavy atom. The van der Waals surface area contributed by atoms with E-state index in [9.17, 15) is 10.1 Å². The molecule has 0 unspecified atom stereocenters. The van der Waals surface area contributed by atoms with Crippen LogP contribution in [-0.2, 0) is 0 Å². The minimum absolute atomic E-state index is 0.00393. The molecule has 1 aromatic carbocycles. The molecule has 0 aromatic heterocycles. The zero-order chi connectivity index (χ0) is 11.3. The van der Waals surface area contributed by atoms with Crippen LogP contribution in [0.25, 0.3) is 6.08 Å². The lowest BCUT2D eigenvalue weighted by molar-refractivity contribution is -0.385. The first-order chi connectivity index (χ1) is 7.19. The molecule has 15 heavy (non-hydrogen) atoms. The fourth-order valence-corrected chi connectivity index (χ4v) is 1.21. The molecule has 0 spiro atoms. The highest BCUT2D eigenvalue weighted by atomic mass is 16.6. The lowest BCUT2D eigenvalue weighted by Crippen LogP contribution is -1.93. The van der Waals surface area contributed by atoms with Gasteiger partial charge in [0.2, 0.25) is 0 Å². The largest absolute Gasteiger partial charge is 0.490 e. The van der Waals surface area contributed by atoms with Crippen molar-refractivity contribution in [3.63, 3.8) is 0 Å². The molecule has 0 saturated heterocycles. The molecule has 0 fully saturated rings. The van der Waals surface area contributed by atoms with Crippen molar-refractivity contribution in [3.05, 3.63) is 40.0 Å². The van der Waals surface area contributed by atoms with Gasteiger partial charge in [-0.3, -0.25) is 10.1 Å². The first-order valence-corrected chi connectivity index (χ1v) is 4.68. The van der Waals surface area contributed by atoms with E-state index in [0.29, 0.717) is 0 Å². The summed E-state index contributed by atoms with van der Waals surface area (Å²) in [4.78, 5) is 10.3. The molecule has 0 atom stereocenters. The van der Waals surface area contributed by atoms with E-state index in [1.807, 2.05) is 19.1 Å². The number of benzene rings is 1. The number of nitrogens with zero attached hydrogens (tertiary/aromatic N) is 1. The van der Waals surface area contributed by atoms with Crippen molar-refractivity contribution in [3.8, 4) is 5.75 Å². The lowest BCUT2D eigenvalue weighted by atomic mass is 10.1. The molecular formula is C11H13NO3. The summed E-state index contributed by atoms with van der Waals surface area (Å²) in [6.07, 6.45) is 4.71. The van der Waals surface area contributed by atoms with E-state index in [-0.39, 0.29) is 11.4 Å². The molecule has 1 rings (SSSR count). The molecule has 0 saturated carbocycles. The third-order valence-corrected chi connectivity index (χ3v) is 1.95. The van der Waals surface area contributed by atoms with E-state index in [1.54, 1.807) is 12.1 Å². The number of hydrogen-bond acceptors (Lipinski definition) is 3. The summed E-state index contributed by atoms with van der Waals surface area (Å²) in [5, 5.41) is 10.7. The van der Waals surface area contributed by atoms with Crippen LogP contribution in [0.3, 0.4) is 0 Å². The minimum Gasteiger partial charge on any atom is -0.490 e. The van der Waals surface area contributed by atoms with Crippen molar-refractivity contribution >= 4 is 11.8 Å². The fourth-order valence-electron chi connectivity index (χ4n) is 1.21. The van der Waals surface area contributed by atoms with E-state index in [2.05, 4.69) is 0 Å². The maximum Gasteiger partial charge on any atom is 0.311 e. The van der Waals surface area contributed by atoms with Gasteiger partial charge >= 0.3 is 5.69 Å². The average molecular weight is 207 g/mol. The SMILES string of the molecule is CC/C=C\c1ccc(OC)c([N+](=O)[O-])c1. The lowest BCUT2D eigenvalue weighted by Gasteiger charge is -2.01. The zero-order valence-electron chi connectivity index (χ0n) is 8.77. The van der Waals surface area contributed by atoms with Gasteiger partial charge in [-0.1, -0.05) is 25.1 Å². The highest BCUT2D eigenvalue weighted by Crippen LogP contribution is 2.27. The Labute approximate surface area is 88.3 Å². The van der Waals surface area contributed by atoms with Crippen LogP contribution < -0.4 is 4.74 Å². The van der Waals surface area contributed by atoms with Crippen LogP contribution >= 0.6 is 0 Å². The van der Waals surface area contributed by atoms with Crippen LogP contribution in [0, 0.1) is 10.1 Å². The average Bonchev–Trinajstić information content (AvgIpc) is 2.25. The molecule has 0 radical (unpaired) electrons. The van der Waals surface area contributed by atoms with Crippen LogP contribution in [0.4, 0.5) is 5.69 Å². The number of nitro benzene ring substituents is 1. The molecule has 4 heteroatoms. The number of rotatable bonds is 4. The molecule has 80 valence electrons. The number of nitro groups is 1. The third-order valence-electron chi connectivity index (χ3n) is 1.95. The molecule has 0 bridgehead atoms. The minimum atomic E-state index is -0.442. The van der Waals surface area contributed by atoms with Crippen LogP contribution in [0.15, 0.2) is 24.3 Å². The molecule has 1 aromatic rings. The summed E-state index contributed by atoms with van der Waals surface area (Å²) in [5.41, 5.74) is 0.806. The highest BCUT2D eigenvalue weighted by Gasteiger charge is 2.13. The van der Waals surface area contributed by atoms with Gasteiger partial charge in [0.05, 0.1) is 12.0 Å². The quantitative estimate of drug-likeness (QED) is 0.563. The first-order valence-electron chi connectivity index (χ1n) is 4.68. The van der Waals surface area contributed by atoms with E-state index in [4.69, 9.17) is 4.74 Å². The molecule has 0 aliphatic carbocycles. The van der Waals surface area contributed by atoms with Gasteiger partial charge in [-0.15, -0.1) is 0 Å². The van der Waals surface area contributed by atoms with Crippen LogP contribution in [-0.4, -0.2) is 12.0 Å².